The second-order valence-corrected chi connectivity index (χ2v) is 6.83. The van der Waals surface area contributed by atoms with Gasteiger partial charge in [0.2, 0.25) is 0 Å². The molecule has 2 aromatic carbocycles. The Balaban J connectivity index is 2.18. The van der Waals surface area contributed by atoms with E-state index in [-0.39, 0.29) is 11.7 Å². The molecule has 0 fully saturated rings. The average Bonchev–Trinajstić information content (AvgIpc) is 2.53. The monoisotopic (exact) mass is 302 g/mol. The highest BCUT2D eigenvalue weighted by Crippen LogP contribution is 2.23. The van der Waals surface area contributed by atoms with E-state index in [2.05, 4.69) is 0 Å². The van der Waals surface area contributed by atoms with Gasteiger partial charge >= 0.3 is 5.97 Å². The van der Waals surface area contributed by atoms with Crippen LogP contribution in [0.15, 0.2) is 60.7 Å². The summed E-state index contributed by atoms with van der Waals surface area (Å²) in [5.41, 5.74) is 1.79. The maximum absolute atomic E-state index is 12.6. The molecule has 0 aliphatic carbocycles. The lowest BCUT2D eigenvalue weighted by Crippen LogP contribution is -2.30. The lowest BCUT2D eigenvalue weighted by molar-refractivity contribution is -0.136. The Morgan fingerprint density at radius 1 is 1.05 bits per heavy atom. The molecular formula is C17H18O3S. The van der Waals surface area contributed by atoms with Crippen molar-refractivity contribution in [3.05, 3.63) is 71.8 Å². The van der Waals surface area contributed by atoms with Crippen LogP contribution >= 0.6 is 0 Å². The predicted octanol–water partition coefficient (Wildman–Crippen LogP) is 3.19. The number of rotatable bonds is 6. The van der Waals surface area contributed by atoms with E-state index in [9.17, 15) is 14.1 Å². The molecule has 0 spiro atoms. The van der Waals surface area contributed by atoms with E-state index in [0.717, 1.165) is 11.1 Å². The van der Waals surface area contributed by atoms with Crippen LogP contribution in [0.25, 0.3) is 0 Å². The van der Waals surface area contributed by atoms with Crippen molar-refractivity contribution in [1.29, 1.82) is 0 Å². The molecule has 0 aromatic heterocycles. The molecule has 3 nitrogen and oxygen atoms in total. The van der Waals surface area contributed by atoms with Crippen LogP contribution in [0.1, 0.15) is 23.3 Å². The number of aliphatic carboxylic acids is 1. The second kappa shape index (κ2) is 7.18. The van der Waals surface area contributed by atoms with Gasteiger partial charge in [-0.05, 0) is 24.5 Å². The van der Waals surface area contributed by atoms with Crippen molar-refractivity contribution >= 4 is 16.8 Å². The summed E-state index contributed by atoms with van der Waals surface area (Å²) in [5, 5.41) is 8.20. The lowest BCUT2D eigenvalue weighted by atomic mass is 10.1. The highest BCUT2D eigenvalue weighted by atomic mass is 32.2. The van der Waals surface area contributed by atoms with Crippen molar-refractivity contribution in [3.63, 3.8) is 0 Å². The van der Waals surface area contributed by atoms with Crippen molar-refractivity contribution in [2.45, 2.75) is 23.8 Å². The molecule has 0 saturated heterocycles. The second-order valence-electron chi connectivity index (χ2n) is 4.90. The summed E-state index contributed by atoms with van der Waals surface area (Å²) >= 11 is 0. The molecule has 2 aromatic rings. The summed E-state index contributed by atoms with van der Waals surface area (Å²) in [6.45, 7) is 1.81. The van der Waals surface area contributed by atoms with Gasteiger partial charge in [-0.25, -0.2) is 0 Å². The molecule has 0 radical (unpaired) electrons. The fraction of sp³-hybridized carbons (Fsp3) is 0.235. The Bertz CT molecular complexity index is 610. The Hall–Kier alpha value is -1.94. The van der Waals surface area contributed by atoms with Crippen LogP contribution in [0.2, 0.25) is 0 Å². The van der Waals surface area contributed by atoms with E-state index in [1.54, 1.807) is 0 Å². The predicted molar refractivity (Wildman–Crippen MR) is 84.6 cm³/mol. The number of hydrogen-bond acceptors (Lipinski definition) is 2. The average molecular weight is 302 g/mol. The third-order valence-corrected chi connectivity index (χ3v) is 5.34. The number of hydrogen-bond donors (Lipinski definition) is 1. The van der Waals surface area contributed by atoms with Gasteiger partial charge in [0.05, 0.1) is 5.25 Å². The SMILES string of the molecule is CC(c1ccccc1)S(=O)C(Cc1ccccc1)C(=O)O. The minimum atomic E-state index is -1.48. The molecule has 21 heavy (non-hydrogen) atoms. The molecule has 0 aliphatic rings. The van der Waals surface area contributed by atoms with Gasteiger partial charge in [0.1, 0.15) is 5.25 Å². The van der Waals surface area contributed by atoms with E-state index < -0.39 is 22.0 Å². The number of carboxylic acid groups (broad SMARTS) is 1. The topological polar surface area (TPSA) is 54.4 Å². The third-order valence-electron chi connectivity index (χ3n) is 3.44. The molecule has 3 atom stereocenters. The summed E-state index contributed by atoms with van der Waals surface area (Å²) in [6, 6.07) is 18.7. The summed E-state index contributed by atoms with van der Waals surface area (Å²) in [5.74, 6) is -1.01. The van der Waals surface area contributed by atoms with Crippen molar-refractivity contribution in [3.8, 4) is 0 Å². The van der Waals surface area contributed by atoms with Crippen LogP contribution in [-0.2, 0) is 22.0 Å². The van der Waals surface area contributed by atoms with Crippen molar-refractivity contribution in [2.24, 2.45) is 0 Å². The Morgan fingerprint density at radius 2 is 1.57 bits per heavy atom. The zero-order valence-corrected chi connectivity index (χ0v) is 12.6. The fourth-order valence-electron chi connectivity index (χ4n) is 2.20. The molecule has 0 heterocycles. The van der Waals surface area contributed by atoms with Gasteiger partial charge < -0.3 is 5.11 Å². The molecule has 3 unspecified atom stereocenters. The molecule has 1 N–H and O–H groups in total. The molecule has 110 valence electrons. The first-order chi connectivity index (χ1) is 10.1. The summed E-state index contributed by atoms with van der Waals surface area (Å²) in [7, 11) is -1.48. The molecule has 0 amide bonds. The minimum absolute atomic E-state index is 0.278. The fourth-order valence-corrected chi connectivity index (χ4v) is 3.68. The van der Waals surface area contributed by atoms with Gasteiger partial charge in [-0.1, -0.05) is 60.7 Å². The van der Waals surface area contributed by atoms with Crippen molar-refractivity contribution in [1.82, 2.24) is 0 Å². The zero-order chi connectivity index (χ0) is 15.2. The summed E-state index contributed by atoms with van der Waals surface area (Å²) in [6.07, 6.45) is 0.278. The quantitative estimate of drug-likeness (QED) is 0.891. The maximum atomic E-state index is 12.6. The summed E-state index contributed by atoms with van der Waals surface area (Å²) in [4.78, 5) is 11.5. The Labute approximate surface area is 127 Å². The van der Waals surface area contributed by atoms with Gasteiger partial charge in [-0.2, -0.15) is 0 Å². The van der Waals surface area contributed by atoms with Crippen molar-refractivity contribution < 1.29 is 14.1 Å². The van der Waals surface area contributed by atoms with Gasteiger partial charge in [0.15, 0.2) is 0 Å². The standard InChI is InChI=1S/C17H18O3S/c1-13(15-10-6-3-7-11-15)21(20)16(17(18)19)12-14-8-4-2-5-9-14/h2-11,13,16H,12H2,1H3,(H,18,19). The number of carboxylic acids is 1. The van der Waals surface area contributed by atoms with E-state index in [0.29, 0.717) is 0 Å². The number of benzene rings is 2. The Morgan fingerprint density at radius 3 is 2.10 bits per heavy atom. The van der Waals surface area contributed by atoms with Crippen LogP contribution < -0.4 is 0 Å². The van der Waals surface area contributed by atoms with Gasteiger partial charge in [-0.3, -0.25) is 9.00 Å². The van der Waals surface area contributed by atoms with E-state index in [1.165, 1.54) is 0 Å². The van der Waals surface area contributed by atoms with Crippen LogP contribution in [0.3, 0.4) is 0 Å². The van der Waals surface area contributed by atoms with E-state index in [1.807, 2.05) is 67.6 Å². The Kier molecular flexibility index (Phi) is 5.28. The molecule has 0 bridgehead atoms. The molecule has 0 saturated carbocycles. The highest BCUT2D eigenvalue weighted by molar-refractivity contribution is 7.86. The van der Waals surface area contributed by atoms with Gasteiger partial charge in [0, 0.05) is 10.8 Å². The largest absolute Gasteiger partial charge is 0.480 e. The smallest absolute Gasteiger partial charge is 0.319 e. The summed E-state index contributed by atoms with van der Waals surface area (Å²) < 4.78 is 12.6. The van der Waals surface area contributed by atoms with E-state index in [4.69, 9.17) is 0 Å². The third kappa shape index (κ3) is 4.02. The first-order valence-electron chi connectivity index (χ1n) is 6.80. The minimum Gasteiger partial charge on any atom is -0.480 e. The van der Waals surface area contributed by atoms with E-state index >= 15 is 0 Å². The van der Waals surface area contributed by atoms with Gasteiger partial charge in [0.25, 0.3) is 0 Å². The highest BCUT2D eigenvalue weighted by Gasteiger charge is 2.29. The lowest BCUT2D eigenvalue weighted by Gasteiger charge is -2.18. The van der Waals surface area contributed by atoms with Crippen LogP contribution in [0.4, 0.5) is 0 Å². The van der Waals surface area contributed by atoms with Crippen LogP contribution in [-0.4, -0.2) is 20.5 Å². The molecule has 2 rings (SSSR count). The maximum Gasteiger partial charge on any atom is 0.319 e. The molecular weight excluding hydrogens is 284 g/mol. The van der Waals surface area contributed by atoms with Crippen LogP contribution in [0, 0.1) is 0 Å². The first kappa shape index (κ1) is 15.4. The zero-order valence-electron chi connectivity index (χ0n) is 11.8. The van der Waals surface area contributed by atoms with Gasteiger partial charge in [-0.15, -0.1) is 0 Å². The molecule has 4 heteroatoms. The molecule has 0 aliphatic heterocycles. The number of carbonyl (C=O) groups is 1. The first-order valence-corrected chi connectivity index (χ1v) is 8.08. The van der Waals surface area contributed by atoms with Crippen LogP contribution in [0.5, 0.6) is 0 Å². The van der Waals surface area contributed by atoms with Crippen molar-refractivity contribution in [2.75, 3.05) is 0 Å². The normalized spacial score (nSPS) is 15.1.